The Morgan fingerprint density at radius 3 is 2.36 bits per heavy atom. The highest BCUT2D eigenvalue weighted by atomic mass is 32.2. The van der Waals surface area contributed by atoms with Crippen molar-refractivity contribution >= 4 is 46.0 Å². The summed E-state index contributed by atoms with van der Waals surface area (Å²) in [5.41, 5.74) is 2.69. The van der Waals surface area contributed by atoms with Crippen LogP contribution >= 0.6 is 24.0 Å². The molecule has 0 aromatic heterocycles. The van der Waals surface area contributed by atoms with Crippen molar-refractivity contribution in [2.24, 2.45) is 0 Å². The van der Waals surface area contributed by atoms with Crippen molar-refractivity contribution in [1.29, 1.82) is 0 Å². The molecule has 1 aliphatic heterocycles. The van der Waals surface area contributed by atoms with Gasteiger partial charge < -0.3 is 0 Å². The van der Waals surface area contributed by atoms with Gasteiger partial charge in [0.25, 0.3) is 5.91 Å². The predicted molar refractivity (Wildman–Crippen MR) is 93.2 cm³/mol. The number of anilines is 1. The average Bonchev–Trinajstić information content (AvgIpc) is 2.77. The Balaban J connectivity index is 1.91. The van der Waals surface area contributed by atoms with Crippen molar-refractivity contribution in [3.8, 4) is 0 Å². The second kappa shape index (κ2) is 6.02. The molecular weight excluding hydrogens is 317 g/mol. The van der Waals surface area contributed by atoms with Crippen LogP contribution in [0.2, 0.25) is 0 Å². The first kappa shape index (κ1) is 14.9. The van der Waals surface area contributed by atoms with Gasteiger partial charge in [0.2, 0.25) is 0 Å². The molecule has 1 heterocycles. The predicted octanol–water partition coefficient (Wildman–Crippen LogP) is 4.54. The molecule has 0 unspecified atom stereocenters. The summed E-state index contributed by atoms with van der Waals surface area (Å²) in [5, 5.41) is 0. The standard InChI is InChI=1S/C17H12FNOS2/c1-11-2-4-12(5-3-11)10-15-16(20)19(17(21)22-15)14-8-6-13(18)7-9-14/h2-10H,1H3/b15-10-. The SMILES string of the molecule is Cc1ccc(/C=C2\SC(=S)N(c3ccc(F)cc3)C2=O)cc1. The van der Waals surface area contributed by atoms with Crippen molar-refractivity contribution in [3.05, 3.63) is 70.4 Å². The van der Waals surface area contributed by atoms with Crippen LogP contribution < -0.4 is 4.90 Å². The average molecular weight is 329 g/mol. The molecule has 2 nitrogen and oxygen atoms in total. The molecule has 1 saturated heterocycles. The summed E-state index contributed by atoms with van der Waals surface area (Å²) >= 11 is 6.53. The lowest BCUT2D eigenvalue weighted by molar-refractivity contribution is -0.113. The van der Waals surface area contributed by atoms with E-state index in [2.05, 4.69) is 0 Å². The molecule has 2 aromatic rings. The highest BCUT2D eigenvalue weighted by Gasteiger charge is 2.33. The zero-order valence-corrected chi connectivity index (χ0v) is 13.4. The van der Waals surface area contributed by atoms with Gasteiger partial charge in [-0.2, -0.15) is 0 Å². The smallest absolute Gasteiger partial charge is 0.268 e. The molecule has 1 amide bonds. The normalized spacial score (nSPS) is 16.6. The van der Waals surface area contributed by atoms with Gasteiger partial charge in [0.1, 0.15) is 5.82 Å². The van der Waals surface area contributed by atoms with E-state index in [1.807, 2.05) is 37.3 Å². The minimum atomic E-state index is -0.343. The molecule has 0 radical (unpaired) electrons. The van der Waals surface area contributed by atoms with E-state index in [0.29, 0.717) is 14.9 Å². The summed E-state index contributed by atoms with van der Waals surface area (Å²) < 4.78 is 13.5. The van der Waals surface area contributed by atoms with Crippen LogP contribution in [0.1, 0.15) is 11.1 Å². The number of hydrogen-bond donors (Lipinski definition) is 0. The second-order valence-electron chi connectivity index (χ2n) is 4.90. The number of thioether (sulfide) groups is 1. The van der Waals surface area contributed by atoms with Gasteiger partial charge in [-0.3, -0.25) is 9.69 Å². The van der Waals surface area contributed by atoms with Crippen LogP contribution in [0, 0.1) is 12.7 Å². The maximum Gasteiger partial charge on any atom is 0.270 e. The van der Waals surface area contributed by atoms with Crippen LogP contribution in [0.3, 0.4) is 0 Å². The molecule has 3 rings (SSSR count). The van der Waals surface area contributed by atoms with Gasteiger partial charge in [0.05, 0.1) is 10.6 Å². The second-order valence-corrected chi connectivity index (χ2v) is 6.58. The Morgan fingerprint density at radius 2 is 1.73 bits per heavy atom. The van der Waals surface area contributed by atoms with Crippen molar-refractivity contribution in [1.82, 2.24) is 0 Å². The number of hydrogen-bond acceptors (Lipinski definition) is 3. The molecule has 0 aliphatic carbocycles. The molecule has 110 valence electrons. The van der Waals surface area contributed by atoms with Gasteiger partial charge in [0.15, 0.2) is 4.32 Å². The quantitative estimate of drug-likeness (QED) is 0.596. The maximum absolute atomic E-state index is 13.0. The molecule has 0 atom stereocenters. The summed E-state index contributed by atoms with van der Waals surface area (Å²) in [7, 11) is 0. The summed E-state index contributed by atoms with van der Waals surface area (Å²) in [5.74, 6) is -0.522. The van der Waals surface area contributed by atoms with Crippen LogP contribution in [0.15, 0.2) is 53.4 Å². The van der Waals surface area contributed by atoms with Crippen LogP contribution in [0.5, 0.6) is 0 Å². The highest BCUT2D eigenvalue weighted by molar-refractivity contribution is 8.27. The fourth-order valence-corrected chi connectivity index (χ4v) is 3.39. The minimum absolute atomic E-state index is 0.179. The largest absolute Gasteiger partial charge is 0.270 e. The van der Waals surface area contributed by atoms with Crippen molar-refractivity contribution in [2.75, 3.05) is 4.90 Å². The fraction of sp³-hybridized carbons (Fsp3) is 0.0588. The number of aryl methyl sites for hydroxylation is 1. The Kier molecular flexibility index (Phi) is 4.09. The lowest BCUT2D eigenvalue weighted by atomic mass is 10.1. The first-order chi connectivity index (χ1) is 10.5. The maximum atomic E-state index is 13.0. The Labute approximate surface area is 137 Å². The molecule has 0 bridgehead atoms. The Morgan fingerprint density at radius 1 is 1.09 bits per heavy atom. The van der Waals surface area contributed by atoms with E-state index in [-0.39, 0.29) is 11.7 Å². The summed E-state index contributed by atoms with van der Waals surface area (Å²) in [6, 6.07) is 13.6. The first-order valence-electron chi connectivity index (χ1n) is 6.65. The van der Waals surface area contributed by atoms with E-state index in [9.17, 15) is 9.18 Å². The van der Waals surface area contributed by atoms with E-state index in [1.165, 1.54) is 28.8 Å². The van der Waals surface area contributed by atoms with Gasteiger partial charge >= 0.3 is 0 Å². The van der Waals surface area contributed by atoms with Crippen LogP contribution in [0.25, 0.3) is 6.08 Å². The molecule has 5 heteroatoms. The molecule has 0 spiro atoms. The number of carbonyl (C=O) groups is 1. The molecular formula is C17H12FNOS2. The van der Waals surface area contributed by atoms with Gasteiger partial charge in [0, 0.05) is 0 Å². The number of amides is 1. The summed E-state index contributed by atoms with van der Waals surface area (Å²) in [4.78, 5) is 14.5. The minimum Gasteiger partial charge on any atom is -0.268 e. The van der Waals surface area contributed by atoms with Gasteiger partial charge in [-0.25, -0.2) is 4.39 Å². The number of thiocarbonyl (C=S) groups is 1. The van der Waals surface area contributed by atoms with Gasteiger partial charge in [-0.15, -0.1) is 0 Å². The third-order valence-electron chi connectivity index (χ3n) is 3.25. The molecule has 0 N–H and O–H groups in total. The number of rotatable bonds is 2. The van der Waals surface area contributed by atoms with Crippen molar-refractivity contribution in [2.45, 2.75) is 6.92 Å². The highest BCUT2D eigenvalue weighted by Crippen LogP contribution is 2.35. The summed E-state index contributed by atoms with van der Waals surface area (Å²) in [6.07, 6.45) is 1.82. The van der Waals surface area contributed by atoms with Crippen molar-refractivity contribution < 1.29 is 9.18 Å². The van der Waals surface area contributed by atoms with E-state index in [4.69, 9.17) is 12.2 Å². The molecule has 0 saturated carbocycles. The lowest BCUT2D eigenvalue weighted by Crippen LogP contribution is -2.27. The number of nitrogens with zero attached hydrogens (tertiary/aromatic N) is 1. The fourth-order valence-electron chi connectivity index (χ4n) is 2.09. The Hall–Kier alpha value is -1.98. The third kappa shape index (κ3) is 2.96. The molecule has 22 heavy (non-hydrogen) atoms. The number of carbonyl (C=O) groups excluding carboxylic acids is 1. The van der Waals surface area contributed by atoms with Crippen LogP contribution in [0.4, 0.5) is 10.1 Å². The van der Waals surface area contributed by atoms with Crippen LogP contribution in [-0.4, -0.2) is 10.2 Å². The van der Waals surface area contributed by atoms with E-state index < -0.39 is 0 Å². The van der Waals surface area contributed by atoms with Crippen LogP contribution in [-0.2, 0) is 4.79 Å². The third-order valence-corrected chi connectivity index (χ3v) is 4.56. The zero-order valence-electron chi connectivity index (χ0n) is 11.7. The Bertz CT molecular complexity index is 766. The zero-order chi connectivity index (χ0) is 15.7. The number of benzene rings is 2. The van der Waals surface area contributed by atoms with E-state index in [0.717, 1.165) is 11.1 Å². The van der Waals surface area contributed by atoms with Gasteiger partial charge in [-0.1, -0.05) is 53.8 Å². The number of halogens is 1. The topological polar surface area (TPSA) is 20.3 Å². The monoisotopic (exact) mass is 329 g/mol. The van der Waals surface area contributed by atoms with E-state index >= 15 is 0 Å². The van der Waals surface area contributed by atoms with Gasteiger partial charge in [-0.05, 0) is 42.8 Å². The molecule has 1 aliphatic rings. The van der Waals surface area contributed by atoms with Crippen molar-refractivity contribution in [3.63, 3.8) is 0 Å². The van der Waals surface area contributed by atoms with E-state index in [1.54, 1.807) is 12.1 Å². The molecule has 1 fully saturated rings. The summed E-state index contributed by atoms with van der Waals surface area (Å²) in [6.45, 7) is 2.01. The molecule has 2 aromatic carbocycles. The lowest BCUT2D eigenvalue weighted by Gasteiger charge is -2.14. The first-order valence-corrected chi connectivity index (χ1v) is 7.87.